The number of nitrogens with two attached hydrogens (primary N) is 1. The summed E-state index contributed by atoms with van der Waals surface area (Å²) < 4.78 is 22.4. The van der Waals surface area contributed by atoms with Gasteiger partial charge in [0.05, 0.1) is 15.6 Å². The van der Waals surface area contributed by atoms with Crippen LogP contribution in [-0.4, -0.2) is 13.4 Å². The number of benzene rings is 1. The Morgan fingerprint density at radius 2 is 1.90 bits per heavy atom. The van der Waals surface area contributed by atoms with Gasteiger partial charge >= 0.3 is 0 Å². The predicted octanol–water partition coefficient (Wildman–Crippen LogP) is 2.26. The average molecular weight is 325 g/mol. The first-order valence-corrected chi connectivity index (χ1v) is 8.92. The van der Waals surface area contributed by atoms with Gasteiger partial charge in [0.25, 0.3) is 0 Å². The van der Waals surface area contributed by atoms with Gasteiger partial charge in [0.15, 0.2) is 0 Å². The molecule has 7 heteroatoms. The van der Waals surface area contributed by atoms with Crippen LogP contribution in [0.25, 0.3) is 0 Å². The minimum atomic E-state index is -3.63. The lowest BCUT2D eigenvalue weighted by molar-refractivity contribution is 0.567. The van der Waals surface area contributed by atoms with Crippen molar-refractivity contribution in [1.29, 1.82) is 0 Å². The van der Waals surface area contributed by atoms with Crippen LogP contribution in [-0.2, 0) is 16.6 Å². The van der Waals surface area contributed by atoms with Crippen LogP contribution >= 0.6 is 11.3 Å². The first kappa shape index (κ1) is 16.1. The second kappa shape index (κ2) is 6.23. The van der Waals surface area contributed by atoms with Gasteiger partial charge in [-0.25, -0.2) is 18.5 Å². The summed E-state index contributed by atoms with van der Waals surface area (Å²) in [4.78, 5) is 5.83. The molecule has 0 spiro atoms. The van der Waals surface area contributed by atoms with Crippen molar-refractivity contribution in [2.45, 2.75) is 38.3 Å². The van der Waals surface area contributed by atoms with Crippen molar-refractivity contribution in [3.05, 3.63) is 45.4 Å². The standard InChI is InChI=1S/C14H19N3O2S2/c1-9(16-8-14-10(2)20-11(3)17-14)12-4-6-13(7-5-12)21(15,18)19/h4-7,9,16H,8H2,1-3H3,(H2,15,18,19)/t9-/m1/s1. The molecule has 0 radical (unpaired) electrons. The maximum atomic E-state index is 11.2. The van der Waals surface area contributed by atoms with Crippen LogP contribution in [0.15, 0.2) is 29.2 Å². The Kier molecular flexibility index (Phi) is 4.77. The monoisotopic (exact) mass is 325 g/mol. The maximum absolute atomic E-state index is 11.2. The Labute approximate surface area is 129 Å². The van der Waals surface area contributed by atoms with Crippen molar-refractivity contribution in [2.75, 3.05) is 0 Å². The lowest BCUT2D eigenvalue weighted by Crippen LogP contribution is -2.19. The van der Waals surface area contributed by atoms with Gasteiger partial charge in [-0.2, -0.15) is 0 Å². The number of hydrogen-bond acceptors (Lipinski definition) is 5. The van der Waals surface area contributed by atoms with Gasteiger partial charge in [0, 0.05) is 17.5 Å². The Morgan fingerprint density at radius 1 is 1.29 bits per heavy atom. The normalized spacial score (nSPS) is 13.3. The molecule has 114 valence electrons. The highest BCUT2D eigenvalue weighted by molar-refractivity contribution is 7.89. The van der Waals surface area contributed by atoms with Crippen molar-refractivity contribution >= 4 is 21.4 Å². The largest absolute Gasteiger partial charge is 0.305 e. The molecule has 2 rings (SSSR count). The Balaban J connectivity index is 2.03. The molecule has 0 bridgehead atoms. The quantitative estimate of drug-likeness (QED) is 0.883. The van der Waals surface area contributed by atoms with E-state index in [2.05, 4.69) is 17.2 Å². The third-order valence-corrected chi connectivity index (χ3v) is 5.14. The highest BCUT2D eigenvalue weighted by atomic mass is 32.2. The lowest BCUT2D eigenvalue weighted by atomic mass is 10.1. The van der Waals surface area contributed by atoms with E-state index in [1.807, 2.05) is 13.8 Å². The molecule has 2 aromatic rings. The summed E-state index contributed by atoms with van der Waals surface area (Å²) in [5.41, 5.74) is 2.07. The van der Waals surface area contributed by atoms with E-state index in [-0.39, 0.29) is 10.9 Å². The first-order valence-electron chi connectivity index (χ1n) is 6.56. The number of primary sulfonamides is 1. The van der Waals surface area contributed by atoms with Gasteiger partial charge < -0.3 is 5.32 Å². The van der Waals surface area contributed by atoms with Crippen molar-refractivity contribution in [2.24, 2.45) is 5.14 Å². The van der Waals surface area contributed by atoms with Crippen LogP contribution in [0.1, 0.15) is 34.1 Å². The van der Waals surface area contributed by atoms with E-state index in [0.29, 0.717) is 6.54 Å². The summed E-state index contributed by atoms with van der Waals surface area (Å²) in [6.07, 6.45) is 0. The minimum Gasteiger partial charge on any atom is -0.305 e. The topological polar surface area (TPSA) is 85.1 Å². The number of hydrogen-bond donors (Lipinski definition) is 2. The SMILES string of the molecule is Cc1nc(CN[C@H](C)c2ccc(S(N)(=O)=O)cc2)c(C)s1. The van der Waals surface area contributed by atoms with Crippen LogP contribution in [0.2, 0.25) is 0 Å². The molecule has 3 N–H and O–H groups in total. The van der Waals surface area contributed by atoms with Crippen LogP contribution < -0.4 is 10.5 Å². The Morgan fingerprint density at radius 3 is 2.38 bits per heavy atom. The van der Waals surface area contributed by atoms with Crippen LogP contribution in [0.3, 0.4) is 0 Å². The molecule has 0 saturated carbocycles. The molecule has 21 heavy (non-hydrogen) atoms. The van der Waals surface area contributed by atoms with Crippen LogP contribution in [0.4, 0.5) is 0 Å². The predicted molar refractivity (Wildman–Crippen MR) is 84.7 cm³/mol. The second-order valence-corrected chi connectivity index (χ2v) is 7.92. The fourth-order valence-electron chi connectivity index (χ4n) is 2.05. The van der Waals surface area contributed by atoms with E-state index in [0.717, 1.165) is 16.3 Å². The fraction of sp³-hybridized carbons (Fsp3) is 0.357. The van der Waals surface area contributed by atoms with Crippen molar-refractivity contribution < 1.29 is 8.42 Å². The van der Waals surface area contributed by atoms with Gasteiger partial charge in [-0.3, -0.25) is 0 Å². The average Bonchev–Trinajstić information content (AvgIpc) is 2.73. The van der Waals surface area contributed by atoms with Crippen LogP contribution in [0, 0.1) is 13.8 Å². The van der Waals surface area contributed by atoms with Crippen molar-refractivity contribution in [3.8, 4) is 0 Å². The molecule has 0 aliphatic carbocycles. The molecular formula is C14H19N3O2S2. The highest BCUT2D eigenvalue weighted by Crippen LogP contribution is 2.19. The summed E-state index contributed by atoms with van der Waals surface area (Å²) in [7, 11) is -3.63. The smallest absolute Gasteiger partial charge is 0.238 e. The molecule has 1 atom stereocenters. The summed E-state index contributed by atoms with van der Waals surface area (Å²) >= 11 is 1.69. The van der Waals surface area contributed by atoms with E-state index in [4.69, 9.17) is 5.14 Å². The molecule has 0 aliphatic rings. The van der Waals surface area contributed by atoms with Gasteiger partial charge in [-0.05, 0) is 38.5 Å². The molecule has 1 aromatic heterocycles. The zero-order valence-electron chi connectivity index (χ0n) is 12.3. The highest BCUT2D eigenvalue weighted by Gasteiger charge is 2.11. The summed E-state index contributed by atoms with van der Waals surface area (Å²) in [5, 5.41) is 9.54. The Bertz CT molecular complexity index is 721. The molecule has 0 unspecified atom stereocenters. The zero-order chi connectivity index (χ0) is 15.6. The summed E-state index contributed by atoms with van der Waals surface area (Å²) in [6.45, 7) is 6.78. The third-order valence-electron chi connectivity index (χ3n) is 3.28. The molecular weight excluding hydrogens is 306 g/mol. The molecule has 0 aliphatic heterocycles. The second-order valence-electron chi connectivity index (χ2n) is 4.95. The van der Waals surface area contributed by atoms with Crippen molar-refractivity contribution in [1.82, 2.24) is 10.3 Å². The number of nitrogens with one attached hydrogen (secondary N) is 1. The number of nitrogens with zero attached hydrogens (tertiary/aromatic N) is 1. The molecule has 1 heterocycles. The number of aromatic nitrogens is 1. The summed E-state index contributed by atoms with van der Waals surface area (Å²) in [5.74, 6) is 0. The molecule has 0 amide bonds. The van der Waals surface area contributed by atoms with Gasteiger partial charge in [0.1, 0.15) is 0 Å². The Hall–Kier alpha value is -1.28. The van der Waals surface area contributed by atoms with Crippen LogP contribution in [0.5, 0.6) is 0 Å². The molecule has 5 nitrogen and oxygen atoms in total. The van der Waals surface area contributed by atoms with E-state index in [1.165, 1.54) is 17.0 Å². The lowest BCUT2D eigenvalue weighted by Gasteiger charge is -2.14. The molecule has 1 aromatic carbocycles. The van der Waals surface area contributed by atoms with Crippen molar-refractivity contribution in [3.63, 3.8) is 0 Å². The van der Waals surface area contributed by atoms with E-state index in [1.54, 1.807) is 23.5 Å². The van der Waals surface area contributed by atoms with Gasteiger partial charge in [0.2, 0.25) is 10.0 Å². The van der Waals surface area contributed by atoms with E-state index < -0.39 is 10.0 Å². The number of aryl methyl sites for hydroxylation is 2. The third kappa shape index (κ3) is 4.10. The fourth-order valence-corrected chi connectivity index (χ4v) is 3.40. The van der Waals surface area contributed by atoms with E-state index in [9.17, 15) is 8.42 Å². The minimum absolute atomic E-state index is 0.0981. The number of rotatable bonds is 5. The maximum Gasteiger partial charge on any atom is 0.238 e. The number of sulfonamides is 1. The zero-order valence-corrected chi connectivity index (χ0v) is 13.9. The van der Waals surface area contributed by atoms with Gasteiger partial charge in [-0.15, -0.1) is 11.3 Å². The molecule has 0 fully saturated rings. The van der Waals surface area contributed by atoms with E-state index >= 15 is 0 Å². The number of thiazole rings is 1. The molecule has 0 saturated heterocycles. The van der Waals surface area contributed by atoms with Gasteiger partial charge in [-0.1, -0.05) is 12.1 Å². The summed E-state index contributed by atoms with van der Waals surface area (Å²) in [6, 6.07) is 6.70. The first-order chi connectivity index (χ1) is 9.77.